The molecule has 2 rings (SSSR count). The van der Waals surface area contributed by atoms with Crippen LogP contribution >= 0.6 is 0 Å². The topological polar surface area (TPSA) is 12.0 Å². The molecule has 19 heavy (non-hydrogen) atoms. The summed E-state index contributed by atoms with van der Waals surface area (Å²) in [5.41, 5.74) is 6.92. The minimum atomic E-state index is 0.274. The van der Waals surface area contributed by atoms with Gasteiger partial charge in [0.15, 0.2) is 0 Å². The standard InChI is InChI=1S/C18H23N/c1-5-15-10-6-7-11-17(15)18(19-4)16-12-8-9-13(2)14(16)3/h6-12,18-19H,5H2,1-4H3. The van der Waals surface area contributed by atoms with Gasteiger partial charge in [0.05, 0.1) is 6.04 Å². The van der Waals surface area contributed by atoms with Crippen molar-refractivity contribution >= 4 is 0 Å². The fraction of sp³-hybridized carbons (Fsp3) is 0.333. The highest BCUT2D eigenvalue weighted by molar-refractivity contribution is 5.43. The largest absolute Gasteiger partial charge is 0.309 e. The molecule has 0 saturated carbocycles. The number of rotatable bonds is 4. The van der Waals surface area contributed by atoms with Gasteiger partial charge in [-0.15, -0.1) is 0 Å². The Hall–Kier alpha value is -1.60. The van der Waals surface area contributed by atoms with E-state index < -0.39 is 0 Å². The maximum absolute atomic E-state index is 3.48. The molecule has 0 bridgehead atoms. The maximum Gasteiger partial charge on any atom is 0.0579 e. The second kappa shape index (κ2) is 6.03. The highest BCUT2D eigenvalue weighted by Gasteiger charge is 2.17. The molecule has 0 fully saturated rings. The molecular formula is C18H23N. The summed E-state index contributed by atoms with van der Waals surface area (Å²) in [5.74, 6) is 0. The molecule has 1 N–H and O–H groups in total. The van der Waals surface area contributed by atoms with Crippen LogP contribution in [0.3, 0.4) is 0 Å². The van der Waals surface area contributed by atoms with Crippen LogP contribution in [-0.4, -0.2) is 7.05 Å². The summed E-state index contributed by atoms with van der Waals surface area (Å²) in [7, 11) is 2.04. The maximum atomic E-state index is 3.48. The molecule has 0 saturated heterocycles. The van der Waals surface area contributed by atoms with Gasteiger partial charge >= 0.3 is 0 Å². The van der Waals surface area contributed by atoms with Gasteiger partial charge in [0.2, 0.25) is 0 Å². The first-order valence-corrected chi connectivity index (χ1v) is 7.00. The molecule has 1 nitrogen and oxygen atoms in total. The van der Waals surface area contributed by atoms with Crippen LogP contribution in [0.2, 0.25) is 0 Å². The molecule has 1 atom stereocenters. The van der Waals surface area contributed by atoms with E-state index in [1.165, 1.54) is 27.8 Å². The van der Waals surface area contributed by atoms with Gasteiger partial charge < -0.3 is 5.32 Å². The van der Waals surface area contributed by atoms with Crippen molar-refractivity contribution < 1.29 is 0 Å². The Morgan fingerprint density at radius 1 is 0.947 bits per heavy atom. The minimum absolute atomic E-state index is 0.274. The molecule has 0 spiro atoms. The van der Waals surface area contributed by atoms with E-state index in [1.807, 2.05) is 7.05 Å². The lowest BCUT2D eigenvalue weighted by molar-refractivity contribution is 0.679. The van der Waals surface area contributed by atoms with Crippen LogP contribution in [-0.2, 0) is 6.42 Å². The van der Waals surface area contributed by atoms with Crippen molar-refractivity contribution in [1.29, 1.82) is 0 Å². The Labute approximate surface area is 116 Å². The third-order valence-electron chi connectivity index (χ3n) is 3.99. The molecule has 0 heterocycles. The lowest BCUT2D eigenvalue weighted by atomic mass is 9.89. The monoisotopic (exact) mass is 253 g/mol. The van der Waals surface area contributed by atoms with Gasteiger partial charge in [0, 0.05) is 0 Å². The highest BCUT2D eigenvalue weighted by Crippen LogP contribution is 2.28. The van der Waals surface area contributed by atoms with Crippen molar-refractivity contribution in [3.8, 4) is 0 Å². The van der Waals surface area contributed by atoms with E-state index in [4.69, 9.17) is 0 Å². The van der Waals surface area contributed by atoms with Crippen molar-refractivity contribution in [1.82, 2.24) is 5.32 Å². The SMILES string of the molecule is CCc1ccccc1C(NC)c1cccc(C)c1C. The molecule has 0 aliphatic rings. The van der Waals surface area contributed by atoms with Crippen molar-refractivity contribution in [3.63, 3.8) is 0 Å². The second-order valence-electron chi connectivity index (χ2n) is 5.06. The van der Waals surface area contributed by atoms with Crippen LogP contribution in [0.4, 0.5) is 0 Å². The zero-order valence-corrected chi connectivity index (χ0v) is 12.3. The van der Waals surface area contributed by atoms with Crippen LogP contribution in [0.15, 0.2) is 42.5 Å². The summed E-state index contributed by atoms with van der Waals surface area (Å²) < 4.78 is 0. The van der Waals surface area contributed by atoms with E-state index in [1.54, 1.807) is 0 Å². The quantitative estimate of drug-likeness (QED) is 0.862. The van der Waals surface area contributed by atoms with Crippen LogP contribution in [0, 0.1) is 13.8 Å². The van der Waals surface area contributed by atoms with Gasteiger partial charge in [-0.2, -0.15) is 0 Å². The number of benzene rings is 2. The first kappa shape index (κ1) is 13.8. The Balaban J connectivity index is 2.53. The van der Waals surface area contributed by atoms with Crippen molar-refractivity contribution in [2.75, 3.05) is 7.05 Å². The molecular weight excluding hydrogens is 230 g/mol. The van der Waals surface area contributed by atoms with Gasteiger partial charge in [0.1, 0.15) is 0 Å². The number of aryl methyl sites for hydroxylation is 2. The molecule has 2 aromatic rings. The summed E-state index contributed by atoms with van der Waals surface area (Å²) in [5, 5.41) is 3.48. The lowest BCUT2D eigenvalue weighted by Gasteiger charge is -2.22. The Morgan fingerprint density at radius 2 is 1.63 bits per heavy atom. The smallest absolute Gasteiger partial charge is 0.0579 e. The van der Waals surface area contributed by atoms with E-state index in [0.717, 1.165) is 6.42 Å². The predicted octanol–water partition coefficient (Wildman–Crippen LogP) is 4.17. The van der Waals surface area contributed by atoms with E-state index in [9.17, 15) is 0 Å². The first-order valence-electron chi connectivity index (χ1n) is 7.00. The Kier molecular flexibility index (Phi) is 4.39. The van der Waals surface area contributed by atoms with Gasteiger partial charge in [-0.3, -0.25) is 0 Å². The van der Waals surface area contributed by atoms with Crippen molar-refractivity contribution in [2.45, 2.75) is 33.2 Å². The lowest BCUT2D eigenvalue weighted by Crippen LogP contribution is -2.20. The fourth-order valence-electron chi connectivity index (χ4n) is 2.70. The number of hydrogen-bond donors (Lipinski definition) is 1. The van der Waals surface area contributed by atoms with E-state index in [0.29, 0.717) is 0 Å². The van der Waals surface area contributed by atoms with Gasteiger partial charge in [0.25, 0.3) is 0 Å². The number of hydrogen-bond acceptors (Lipinski definition) is 1. The minimum Gasteiger partial charge on any atom is -0.309 e. The number of nitrogens with one attached hydrogen (secondary N) is 1. The zero-order valence-electron chi connectivity index (χ0n) is 12.3. The first-order chi connectivity index (χ1) is 9.19. The van der Waals surface area contributed by atoms with Crippen LogP contribution in [0.1, 0.15) is 40.8 Å². The fourth-order valence-corrected chi connectivity index (χ4v) is 2.70. The summed E-state index contributed by atoms with van der Waals surface area (Å²) >= 11 is 0. The predicted molar refractivity (Wildman–Crippen MR) is 82.6 cm³/mol. The van der Waals surface area contributed by atoms with Gasteiger partial charge in [-0.25, -0.2) is 0 Å². The average Bonchev–Trinajstić information content (AvgIpc) is 2.45. The Bertz CT molecular complexity index is 557. The van der Waals surface area contributed by atoms with E-state index in [2.05, 4.69) is 68.6 Å². The molecule has 0 amide bonds. The zero-order chi connectivity index (χ0) is 13.8. The second-order valence-corrected chi connectivity index (χ2v) is 5.06. The van der Waals surface area contributed by atoms with Crippen LogP contribution in [0.25, 0.3) is 0 Å². The van der Waals surface area contributed by atoms with Crippen LogP contribution < -0.4 is 5.32 Å². The summed E-state index contributed by atoms with van der Waals surface area (Å²) in [4.78, 5) is 0. The third kappa shape index (κ3) is 2.71. The van der Waals surface area contributed by atoms with Crippen LogP contribution in [0.5, 0.6) is 0 Å². The molecule has 1 unspecified atom stereocenters. The summed E-state index contributed by atoms with van der Waals surface area (Å²) in [6.07, 6.45) is 1.07. The van der Waals surface area contributed by atoms with E-state index in [-0.39, 0.29) is 6.04 Å². The van der Waals surface area contributed by atoms with Gasteiger partial charge in [-0.1, -0.05) is 49.4 Å². The average molecular weight is 253 g/mol. The normalized spacial score (nSPS) is 12.4. The van der Waals surface area contributed by atoms with E-state index >= 15 is 0 Å². The third-order valence-corrected chi connectivity index (χ3v) is 3.99. The van der Waals surface area contributed by atoms with Crippen molar-refractivity contribution in [2.24, 2.45) is 0 Å². The highest BCUT2D eigenvalue weighted by atomic mass is 14.9. The Morgan fingerprint density at radius 3 is 2.32 bits per heavy atom. The molecule has 1 heteroatoms. The molecule has 0 aromatic heterocycles. The summed E-state index contributed by atoms with van der Waals surface area (Å²) in [6.45, 7) is 6.61. The summed E-state index contributed by atoms with van der Waals surface area (Å²) in [6, 6.07) is 15.6. The molecule has 0 radical (unpaired) electrons. The van der Waals surface area contributed by atoms with Crippen molar-refractivity contribution in [3.05, 3.63) is 70.3 Å². The molecule has 0 aliphatic heterocycles. The molecule has 2 aromatic carbocycles. The molecule has 100 valence electrons. The molecule has 0 aliphatic carbocycles. The van der Waals surface area contributed by atoms with Gasteiger partial charge in [-0.05, 0) is 55.1 Å².